The van der Waals surface area contributed by atoms with Gasteiger partial charge in [-0.15, -0.1) is 22.0 Å². The quantitative estimate of drug-likeness (QED) is 0.899. The molecule has 0 aliphatic carbocycles. The lowest BCUT2D eigenvalue weighted by atomic mass is 10.2. The Kier molecular flexibility index (Phi) is 4.56. The average molecular weight is 324 g/mol. The predicted molar refractivity (Wildman–Crippen MR) is 83.4 cm³/mol. The third-order valence-corrected chi connectivity index (χ3v) is 5.43. The molecule has 3 rings (SSSR count). The molecule has 1 aliphatic heterocycles. The highest BCUT2D eigenvalue weighted by Crippen LogP contribution is 2.29. The van der Waals surface area contributed by atoms with Gasteiger partial charge in [0.05, 0.1) is 6.04 Å². The molecule has 1 fully saturated rings. The SMILES string of the molecule is O=C(Nc1ccc(Sc2nncs2)cc1)C1CSCN1. The number of carbonyl (C=O) groups is 1. The number of hydrogen-bond donors (Lipinski definition) is 2. The highest BCUT2D eigenvalue weighted by Gasteiger charge is 2.22. The molecule has 1 saturated heterocycles. The fraction of sp³-hybridized carbons (Fsp3) is 0.250. The molecule has 104 valence electrons. The van der Waals surface area contributed by atoms with E-state index in [1.165, 1.54) is 11.3 Å². The van der Waals surface area contributed by atoms with Crippen LogP contribution in [0.3, 0.4) is 0 Å². The van der Waals surface area contributed by atoms with Gasteiger partial charge in [0.2, 0.25) is 5.91 Å². The van der Waals surface area contributed by atoms with Crippen LogP contribution in [0.1, 0.15) is 0 Å². The zero-order chi connectivity index (χ0) is 13.8. The largest absolute Gasteiger partial charge is 0.325 e. The zero-order valence-electron chi connectivity index (χ0n) is 10.4. The van der Waals surface area contributed by atoms with Crippen molar-refractivity contribution in [3.05, 3.63) is 29.8 Å². The summed E-state index contributed by atoms with van der Waals surface area (Å²) >= 11 is 4.81. The second-order valence-electron chi connectivity index (χ2n) is 4.09. The number of carbonyl (C=O) groups excluding carboxylic acids is 1. The fourth-order valence-corrected chi connectivity index (χ4v) is 4.10. The Bertz CT molecular complexity index is 567. The molecule has 1 atom stereocenters. The highest BCUT2D eigenvalue weighted by molar-refractivity contribution is 8.01. The Morgan fingerprint density at radius 2 is 2.25 bits per heavy atom. The van der Waals surface area contributed by atoms with Crippen LogP contribution in [0.25, 0.3) is 0 Å². The van der Waals surface area contributed by atoms with Crippen molar-refractivity contribution in [2.75, 3.05) is 16.9 Å². The third kappa shape index (κ3) is 3.51. The Hall–Kier alpha value is -1.09. The van der Waals surface area contributed by atoms with Crippen LogP contribution in [0, 0.1) is 0 Å². The number of thioether (sulfide) groups is 1. The minimum absolute atomic E-state index is 0.0273. The zero-order valence-corrected chi connectivity index (χ0v) is 12.9. The van der Waals surface area contributed by atoms with Crippen LogP contribution in [-0.2, 0) is 4.79 Å². The van der Waals surface area contributed by atoms with Gasteiger partial charge in [-0.05, 0) is 24.3 Å². The molecule has 1 unspecified atom stereocenters. The lowest BCUT2D eigenvalue weighted by Crippen LogP contribution is -2.37. The number of nitrogens with one attached hydrogen (secondary N) is 2. The van der Waals surface area contributed by atoms with E-state index >= 15 is 0 Å². The van der Waals surface area contributed by atoms with Crippen molar-refractivity contribution < 1.29 is 4.79 Å². The first kappa shape index (κ1) is 13.9. The van der Waals surface area contributed by atoms with E-state index < -0.39 is 0 Å². The smallest absolute Gasteiger partial charge is 0.242 e. The van der Waals surface area contributed by atoms with Crippen molar-refractivity contribution in [3.63, 3.8) is 0 Å². The lowest BCUT2D eigenvalue weighted by molar-refractivity contribution is -0.117. The number of benzene rings is 1. The van der Waals surface area contributed by atoms with E-state index in [0.29, 0.717) is 0 Å². The standard InChI is InChI=1S/C12H12N4OS3/c17-11(10-5-18-6-13-10)15-8-1-3-9(4-2-8)20-12-16-14-7-19-12/h1-4,7,10,13H,5-6H2,(H,15,17). The second kappa shape index (κ2) is 6.57. The fourth-order valence-electron chi connectivity index (χ4n) is 1.71. The van der Waals surface area contributed by atoms with Gasteiger partial charge in [-0.3, -0.25) is 10.1 Å². The number of hydrogen-bond acceptors (Lipinski definition) is 7. The predicted octanol–water partition coefficient (Wildman–Crippen LogP) is 2.29. The first-order valence-corrected chi connectivity index (χ1v) is 8.82. The number of aromatic nitrogens is 2. The van der Waals surface area contributed by atoms with Crippen LogP contribution in [0.15, 0.2) is 39.0 Å². The van der Waals surface area contributed by atoms with E-state index in [1.807, 2.05) is 24.3 Å². The van der Waals surface area contributed by atoms with Gasteiger partial charge in [-0.2, -0.15) is 0 Å². The van der Waals surface area contributed by atoms with E-state index in [2.05, 4.69) is 20.8 Å². The van der Waals surface area contributed by atoms with Gasteiger partial charge in [-0.1, -0.05) is 23.1 Å². The highest BCUT2D eigenvalue weighted by atomic mass is 32.2. The topological polar surface area (TPSA) is 66.9 Å². The number of amides is 1. The van der Waals surface area contributed by atoms with E-state index in [9.17, 15) is 4.79 Å². The first-order valence-electron chi connectivity index (χ1n) is 5.97. The molecule has 2 heterocycles. The maximum absolute atomic E-state index is 11.9. The summed E-state index contributed by atoms with van der Waals surface area (Å²) in [4.78, 5) is 13.0. The van der Waals surface area contributed by atoms with Crippen LogP contribution in [0.2, 0.25) is 0 Å². The summed E-state index contributed by atoms with van der Waals surface area (Å²) in [7, 11) is 0. The van der Waals surface area contributed by atoms with Gasteiger partial charge >= 0.3 is 0 Å². The van der Waals surface area contributed by atoms with Gasteiger partial charge in [-0.25, -0.2) is 0 Å². The van der Waals surface area contributed by atoms with Crippen molar-refractivity contribution >= 4 is 46.5 Å². The van der Waals surface area contributed by atoms with Crippen LogP contribution in [-0.4, -0.2) is 33.8 Å². The molecule has 1 amide bonds. The summed E-state index contributed by atoms with van der Waals surface area (Å²) in [5.41, 5.74) is 2.53. The summed E-state index contributed by atoms with van der Waals surface area (Å²) < 4.78 is 0.911. The lowest BCUT2D eigenvalue weighted by Gasteiger charge is -2.10. The molecule has 2 N–H and O–H groups in total. The van der Waals surface area contributed by atoms with E-state index in [0.717, 1.165) is 26.6 Å². The minimum atomic E-state index is -0.0876. The van der Waals surface area contributed by atoms with Crippen LogP contribution >= 0.6 is 34.9 Å². The molecule has 1 aliphatic rings. The molecule has 1 aromatic heterocycles. The number of rotatable bonds is 4. The molecular formula is C12H12N4OS3. The molecule has 20 heavy (non-hydrogen) atoms. The summed E-state index contributed by atoms with van der Waals surface area (Å²) in [5, 5.41) is 13.9. The van der Waals surface area contributed by atoms with E-state index in [-0.39, 0.29) is 11.9 Å². The van der Waals surface area contributed by atoms with Gasteiger partial charge in [0.25, 0.3) is 0 Å². The van der Waals surface area contributed by atoms with Crippen LogP contribution in [0.4, 0.5) is 5.69 Å². The maximum Gasteiger partial charge on any atom is 0.242 e. The molecule has 2 aromatic rings. The van der Waals surface area contributed by atoms with Crippen LogP contribution in [0.5, 0.6) is 0 Å². The normalized spacial score (nSPS) is 18.1. The minimum Gasteiger partial charge on any atom is -0.325 e. The molecule has 5 nitrogen and oxygen atoms in total. The molecular weight excluding hydrogens is 312 g/mol. The van der Waals surface area contributed by atoms with Crippen molar-refractivity contribution in [2.24, 2.45) is 0 Å². The third-order valence-electron chi connectivity index (χ3n) is 2.70. The molecule has 0 bridgehead atoms. The second-order valence-corrected chi connectivity index (χ2v) is 7.28. The summed E-state index contributed by atoms with van der Waals surface area (Å²) in [5.74, 6) is 1.70. The summed E-state index contributed by atoms with van der Waals surface area (Å²) in [6.07, 6.45) is 0. The van der Waals surface area contributed by atoms with Crippen molar-refractivity contribution in [3.8, 4) is 0 Å². The number of nitrogens with zero attached hydrogens (tertiary/aromatic N) is 2. The van der Waals surface area contributed by atoms with Gasteiger partial charge in [0.1, 0.15) is 5.51 Å². The molecule has 8 heteroatoms. The van der Waals surface area contributed by atoms with Gasteiger partial charge in [0, 0.05) is 22.2 Å². The molecule has 0 saturated carbocycles. The Labute approximate surface area is 128 Å². The average Bonchev–Trinajstić information content (AvgIpc) is 3.13. The summed E-state index contributed by atoms with van der Waals surface area (Å²) in [6.45, 7) is 0. The summed E-state index contributed by atoms with van der Waals surface area (Å²) in [6, 6.07) is 7.67. The Morgan fingerprint density at radius 3 is 2.90 bits per heavy atom. The van der Waals surface area contributed by atoms with Crippen molar-refractivity contribution in [1.82, 2.24) is 15.5 Å². The molecule has 0 radical (unpaired) electrons. The van der Waals surface area contributed by atoms with Crippen molar-refractivity contribution in [1.29, 1.82) is 0 Å². The Morgan fingerprint density at radius 1 is 1.40 bits per heavy atom. The van der Waals surface area contributed by atoms with Gasteiger partial charge in [0.15, 0.2) is 4.34 Å². The molecule has 1 aromatic carbocycles. The first-order chi connectivity index (χ1) is 9.81. The molecule has 0 spiro atoms. The monoisotopic (exact) mass is 324 g/mol. The van der Waals surface area contributed by atoms with Crippen LogP contribution < -0.4 is 10.6 Å². The van der Waals surface area contributed by atoms with Gasteiger partial charge < -0.3 is 5.32 Å². The van der Waals surface area contributed by atoms with Crippen molar-refractivity contribution in [2.45, 2.75) is 15.3 Å². The van der Waals surface area contributed by atoms with E-state index in [4.69, 9.17) is 0 Å². The Balaban J connectivity index is 1.59. The maximum atomic E-state index is 11.9. The number of anilines is 1. The van der Waals surface area contributed by atoms with E-state index in [1.54, 1.807) is 29.0 Å².